The Hall–Kier alpha value is -2.52. The Kier molecular flexibility index (Phi) is 7.26. The molecule has 1 saturated heterocycles. The molecule has 146 valence electrons. The van der Waals surface area contributed by atoms with Gasteiger partial charge >= 0.3 is 6.09 Å². The second-order valence-electron chi connectivity index (χ2n) is 7.76. The van der Waals surface area contributed by atoms with Crippen LogP contribution in [0.15, 0.2) is 24.3 Å². The van der Waals surface area contributed by atoms with Crippen molar-refractivity contribution < 1.29 is 14.3 Å². The Bertz CT molecular complexity index is 686. The number of alkyl carbamates (subject to hydrolysis) is 1. The molecule has 0 bridgehead atoms. The summed E-state index contributed by atoms with van der Waals surface area (Å²) in [4.78, 5) is 26.3. The average molecular weight is 371 g/mol. The van der Waals surface area contributed by atoms with E-state index in [0.29, 0.717) is 12.1 Å². The van der Waals surface area contributed by atoms with Crippen molar-refractivity contribution >= 4 is 12.0 Å². The third-order valence-electron chi connectivity index (χ3n) is 4.25. The number of terminal acetylenes is 1. The second-order valence-corrected chi connectivity index (χ2v) is 7.76. The summed E-state index contributed by atoms with van der Waals surface area (Å²) in [6.45, 7) is 8.55. The Morgan fingerprint density at radius 3 is 2.63 bits per heavy atom. The van der Waals surface area contributed by atoms with Crippen LogP contribution < -0.4 is 10.6 Å². The van der Waals surface area contributed by atoms with E-state index in [2.05, 4.69) is 21.5 Å². The first-order chi connectivity index (χ1) is 12.8. The molecule has 0 saturated carbocycles. The van der Waals surface area contributed by atoms with Crippen LogP contribution in [0.4, 0.5) is 4.79 Å². The third kappa shape index (κ3) is 7.32. The lowest BCUT2D eigenvalue weighted by Gasteiger charge is -2.33. The maximum atomic E-state index is 12.2. The highest BCUT2D eigenvalue weighted by Gasteiger charge is 2.24. The number of likely N-dealkylation sites (tertiary alicyclic amines) is 1. The Morgan fingerprint density at radius 1 is 1.30 bits per heavy atom. The Morgan fingerprint density at radius 2 is 2.00 bits per heavy atom. The number of amides is 2. The number of benzene rings is 1. The van der Waals surface area contributed by atoms with E-state index in [4.69, 9.17) is 11.2 Å². The van der Waals surface area contributed by atoms with Crippen LogP contribution in [0, 0.1) is 12.3 Å². The van der Waals surface area contributed by atoms with Crippen LogP contribution >= 0.6 is 0 Å². The molecule has 1 heterocycles. The Balaban J connectivity index is 1.73. The lowest BCUT2D eigenvalue weighted by Crippen LogP contribution is -2.50. The minimum atomic E-state index is -0.499. The zero-order chi connectivity index (χ0) is 19.9. The smallest absolute Gasteiger partial charge is 0.407 e. The van der Waals surface area contributed by atoms with Gasteiger partial charge in [-0.25, -0.2) is 4.79 Å². The van der Waals surface area contributed by atoms with E-state index < -0.39 is 5.60 Å². The minimum Gasteiger partial charge on any atom is -0.444 e. The van der Waals surface area contributed by atoms with Crippen molar-refractivity contribution in [1.82, 2.24) is 15.5 Å². The summed E-state index contributed by atoms with van der Waals surface area (Å²) in [5.41, 5.74) is 0.849. The van der Waals surface area contributed by atoms with Gasteiger partial charge in [0.1, 0.15) is 5.60 Å². The van der Waals surface area contributed by atoms with Crippen molar-refractivity contribution in [3.63, 3.8) is 0 Å². The Labute approximate surface area is 161 Å². The maximum absolute atomic E-state index is 12.2. The van der Waals surface area contributed by atoms with Gasteiger partial charge in [-0.1, -0.05) is 5.92 Å². The summed E-state index contributed by atoms with van der Waals surface area (Å²) in [5, 5.41) is 5.86. The van der Waals surface area contributed by atoms with Crippen molar-refractivity contribution in [2.75, 3.05) is 26.2 Å². The molecule has 1 unspecified atom stereocenters. The van der Waals surface area contributed by atoms with E-state index in [0.717, 1.165) is 38.0 Å². The van der Waals surface area contributed by atoms with Crippen molar-refractivity contribution in [3.8, 4) is 12.3 Å². The molecule has 2 N–H and O–H groups in total. The van der Waals surface area contributed by atoms with Crippen molar-refractivity contribution in [1.29, 1.82) is 0 Å². The van der Waals surface area contributed by atoms with Crippen molar-refractivity contribution in [2.45, 2.75) is 45.3 Å². The van der Waals surface area contributed by atoms with E-state index in [-0.39, 0.29) is 18.0 Å². The predicted octanol–water partition coefficient (Wildman–Crippen LogP) is 2.39. The number of nitrogens with one attached hydrogen (secondary N) is 2. The van der Waals surface area contributed by atoms with Gasteiger partial charge in [-0.3, -0.25) is 9.69 Å². The monoisotopic (exact) mass is 371 g/mol. The van der Waals surface area contributed by atoms with E-state index in [1.54, 1.807) is 24.3 Å². The van der Waals surface area contributed by atoms with Crippen LogP contribution in [-0.2, 0) is 4.74 Å². The summed E-state index contributed by atoms with van der Waals surface area (Å²) in [6, 6.07) is 7.04. The van der Waals surface area contributed by atoms with Crippen molar-refractivity contribution in [2.24, 2.45) is 0 Å². The first-order valence-electron chi connectivity index (χ1n) is 9.33. The number of carbonyl (C=O) groups excluding carboxylic acids is 2. The molecule has 1 aliphatic heterocycles. The highest BCUT2D eigenvalue weighted by atomic mass is 16.6. The summed E-state index contributed by atoms with van der Waals surface area (Å²) in [5.74, 6) is 2.42. The van der Waals surface area contributed by atoms with Gasteiger partial charge in [0, 0.05) is 36.8 Å². The van der Waals surface area contributed by atoms with E-state index >= 15 is 0 Å². The second kappa shape index (κ2) is 9.43. The van der Waals surface area contributed by atoms with Gasteiger partial charge in [-0.2, -0.15) is 0 Å². The molecule has 1 fully saturated rings. The molecule has 27 heavy (non-hydrogen) atoms. The van der Waals surface area contributed by atoms with Crippen LogP contribution in [-0.4, -0.2) is 54.7 Å². The quantitative estimate of drug-likeness (QED) is 0.780. The molecule has 1 aromatic carbocycles. The number of piperidine rings is 1. The number of carbonyl (C=O) groups is 2. The molecule has 1 aliphatic rings. The minimum absolute atomic E-state index is 0.0700. The molecule has 1 aromatic rings. The number of rotatable bonds is 5. The van der Waals surface area contributed by atoms with Crippen molar-refractivity contribution in [3.05, 3.63) is 35.4 Å². The van der Waals surface area contributed by atoms with Gasteiger partial charge in [0.2, 0.25) is 0 Å². The van der Waals surface area contributed by atoms with E-state index in [1.807, 2.05) is 20.8 Å². The summed E-state index contributed by atoms with van der Waals surface area (Å²) >= 11 is 0. The largest absolute Gasteiger partial charge is 0.444 e. The number of nitrogens with zero attached hydrogens (tertiary/aromatic N) is 1. The molecule has 0 aromatic heterocycles. The molecule has 0 radical (unpaired) electrons. The predicted molar refractivity (Wildman–Crippen MR) is 106 cm³/mol. The molecule has 6 heteroatoms. The first kappa shape index (κ1) is 20.8. The molecule has 2 amide bonds. The summed E-state index contributed by atoms with van der Waals surface area (Å²) < 4.78 is 5.32. The first-order valence-corrected chi connectivity index (χ1v) is 9.33. The normalized spacial score (nSPS) is 17.6. The van der Waals surface area contributed by atoms with Gasteiger partial charge in [-0.05, 0) is 64.4 Å². The van der Waals surface area contributed by atoms with Crippen LogP contribution in [0.5, 0.6) is 0 Å². The molecule has 0 aliphatic carbocycles. The highest BCUT2D eigenvalue weighted by Crippen LogP contribution is 2.12. The molecule has 2 rings (SSSR count). The zero-order valence-corrected chi connectivity index (χ0v) is 16.4. The molecular weight excluding hydrogens is 342 g/mol. The molecule has 1 atom stereocenters. The van der Waals surface area contributed by atoms with E-state index in [1.165, 1.54) is 0 Å². The SMILES string of the molecule is C#Cc1ccc(C(=O)NCCN2CCCC(NC(=O)OC(C)(C)C)C2)cc1. The maximum Gasteiger partial charge on any atom is 0.407 e. The average Bonchev–Trinajstić information content (AvgIpc) is 2.60. The van der Waals surface area contributed by atoms with Crippen LogP contribution in [0.25, 0.3) is 0 Å². The number of hydrogen-bond donors (Lipinski definition) is 2. The summed E-state index contributed by atoms with van der Waals surface area (Å²) in [6.07, 6.45) is 6.88. The topological polar surface area (TPSA) is 70.7 Å². The number of ether oxygens (including phenoxy) is 1. The fourth-order valence-corrected chi connectivity index (χ4v) is 3.00. The van der Waals surface area contributed by atoms with Crippen LogP contribution in [0.3, 0.4) is 0 Å². The van der Waals surface area contributed by atoms with Gasteiger partial charge in [0.25, 0.3) is 5.91 Å². The molecular formula is C21H29N3O3. The van der Waals surface area contributed by atoms with Gasteiger partial charge < -0.3 is 15.4 Å². The van der Waals surface area contributed by atoms with Crippen LogP contribution in [0.2, 0.25) is 0 Å². The molecule has 6 nitrogen and oxygen atoms in total. The number of hydrogen-bond acceptors (Lipinski definition) is 4. The standard InChI is InChI=1S/C21H29N3O3/c1-5-16-8-10-17(11-9-16)19(25)22-12-14-24-13-6-7-18(15-24)23-20(26)27-21(2,3)4/h1,8-11,18H,6-7,12-15H2,2-4H3,(H,22,25)(H,23,26). The zero-order valence-electron chi connectivity index (χ0n) is 16.4. The fraction of sp³-hybridized carbons (Fsp3) is 0.524. The van der Waals surface area contributed by atoms with Gasteiger partial charge in [-0.15, -0.1) is 6.42 Å². The fourth-order valence-electron chi connectivity index (χ4n) is 3.00. The lowest BCUT2D eigenvalue weighted by atomic mass is 10.1. The van der Waals surface area contributed by atoms with E-state index in [9.17, 15) is 9.59 Å². The van der Waals surface area contributed by atoms with Gasteiger partial charge in [0.05, 0.1) is 0 Å². The highest BCUT2D eigenvalue weighted by molar-refractivity contribution is 5.94. The lowest BCUT2D eigenvalue weighted by molar-refractivity contribution is 0.0473. The molecule has 0 spiro atoms. The summed E-state index contributed by atoms with van der Waals surface area (Å²) in [7, 11) is 0. The van der Waals surface area contributed by atoms with Crippen LogP contribution in [0.1, 0.15) is 49.5 Å². The third-order valence-corrected chi connectivity index (χ3v) is 4.25. The van der Waals surface area contributed by atoms with Gasteiger partial charge in [0.15, 0.2) is 0 Å².